The largest absolute Gasteiger partial charge is 0.354 e. The molecule has 4 aromatic carbocycles. The van der Waals surface area contributed by atoms with Crippen molar-refractivity contribution >= 4 is 65.3 Å². The molecule has 0 saturated heterocycles. The maximum absolute atomic E-state index is 13.0. The van der Waals surface area contributed by atoms with E-state index in [2.05, 4.69) is 51.4 Å². The van der Waals surface area contributed by atoms with Crippen molar-refractivity contribution in [2.24, 2.45) is 0 Å². The number of hydrogen-bond donors (Lipinski definition) is 3. The average Bonchev–Trinajstić information content (AvgIpc) is 3.31. The van der Waals surface area contributed by atoms with Gasteiger partial charge in [-0.1, -0.05) is 36.4 Å². The van der Waals surface area contributed by atoms with Gasteiger partial charge in [-0.2, -0.15) is 0 Å². The number of nitrogens with one attached hydrogen (secondary N) is 3. The van der Waals surface area contributed by atoms with Crippen LogP contribution in [0.3, 0.4) is 0 Å². The zero-order valence-electron chi connectivity index (χ0n) is 15.3. The molecule has 3 heterocycles. The van der Waals surface area contributed by atoms with Crippen LogP contribution in [-0.4, -0.2) is 15.0 Å². The van der Waals surface area contributed by atoms with Crippen LogP contribution in [0.4, 0.5) is 0 Å². The summed E-state index contributed by atoms with van der Waals surface area (Å²) in [7, 11) is 0. The zero-order valence-corrected chi connectivity index (χ0v) is 15.3. The molecular weight excluding hydrogens is 358 g/mol. The van der Waals surface area contributed by atoms with E-state index in [0.29, 0.717) is 5.39 Å². The minimum atomic E-state index is -0.0566. The molecule has 0 saturated carbocycles. The van der Waals surface area contributed by atoms with Gasteiger partial charge in [0.2, 0.25) is 0 Å². The minimum Gasteiger partial charge on any atom is -0.354 e. The molecule has 4 nitrogen and oxygen atoms in total. The Labute approximate surface area is 163 Å². The monoisotopic (exact) mass is 373 g/mol. The molecule has 136 valence electrons. The van der Waals surface area contributed by atoms with Crippen molar-refractivity contribution in [3.63, 3.8) is 0 Å². The summed E-state index contributed by atoms with van der Waals surface area (Å²) in [5, 5.41) is 7.37. The fourth-order valence-corrected chi connectivity index (χ4v) is 4.89. The van der Waals surface area contributed by atoms with Gasteiger partial charge >= 0.3 is 0 Å². The highest BCUT2D eigenvalue weighted by Gasteiger charge is 2.17. The predicted octanol–water partition coefficient (Wildman–Crippen LogP) is 5.95. The van der Waals surface area contributed by atoms with Crippen molar-refractivity contribution < 1.29 is 0 Å². The number of rotatable bonds is 0. The van der Waals surface area contributed by atoms with Crippen LogP contribution < -0.4 is 5.56 Å². The summed E-state index contributed by atoms with van der Waals surface area (Å²) in [6.45, 7) is 0. The predicted molar refractivity (Wildman–Crippen MR) is 121 cm³/mol. The number of aromatic nitrogens is 3. The van der Waals surface area contributed by atoms with Gasteiger partial charge in [0.05, 0.1) is 0 Å². The van der Waals surface area contributed by atoms with E-state index in [1.807, 2.05) is 36.4 Å². The third kappa shape index (κ3) is 1.81. The third-order valence-electron chi connectivity index (χ3n) is 6.08. The van der Waals surface area contributed by atoms with E-state index >= 15 is 0 Å². The first kappa shape index (κ1) is 14.9. The Morgan fingerprint density at radius 1 is 0.414 bits per heavy atom. The molecule has 0 bridgehead atoms. The van der Waals surface area contributed by atoms with Crippen LogP contribution in [0.25, 0.3) is 65.3 Å². The van der Waals surface area contributed by atoms with Crippen molar-refractivity contribution in [2.45, 2.75) is 0 Å². The normalized spacial score (nSPS) is 12.3. The maximum Gasteiger partial charge on any atom is 0.256 e. The molecule has 0 aliphatic rings. The van der Waals surface area contributed by atoms with Gasteiger partial charge in [0, 0.05) is 65.3 Å². The van der Waals surface area contributed by atoms with E-state index in [-0.39, 0.29) is 5.56 Å². The van der Waals surface area contributed by atoms with Crippen LogP contribution in [0.15, 0.2) is 77.6 Å². The Bertz CT molecular complexity index is 1830. The van der Waals surface area contributed by atoms with Crippen LogP contribution in [0, 0.1) is 0 Å². The van der Waals surface area contributed by atoms with E-state index < -0.39 is 0 Å². The summed E-state index contributed by atoms with van der Waals surface area (Å²) in [4.78, 5) is 23.1. The number of benzene rings is 4. The topological polar surface area (TPSA) is 64.4 Å². The van der Waals surface area contributed by atoms with Crippen molar-refractivity contribution in [2.75, 3.05) is 0 Å². The highest BCUT2D eigenvalue weighted by atomic mass is 16.1. The summed E-state index contributed by atoms with van der Waals surface area (Å²) in [5.74, 6) is 0. The van der Waals surface area contributed by atoms with Crippen molar-refractivity contribution in [1.29, 1.82) is 0 Å². The molecule has 0 aliphatic carbocycles. The number of para-hydroxylation sites is 2. The van der Waals surface area contributed by atoms with Gasteiger partial charge in [-0.05, 0) is 36.4 Å². The van der Waals surface area contributed by atoms with Crippen LogP contribution in [-0.2, 0) is 0 Å². The van der Waals surface area contributed by atoms with Crippen molar-refractivity contribution in [3.05, 3.63) is 83.2 Å². The molecule has 0 unspecified atom stereocenters. The number of pyridine rings is 1. The van der Waals surface area contributed by atoms with E-state index in [1.165, 1.54) is 5.39 Å². The van der Waals surface area contributed by atoms with E-state index in [1.54, 1.807) is 0 Å². The summed E-state index contributed by atoms with van der Waals surface area (Å²) in [6.07, 6.45) is 0. The number of aromatic amines is 3. The van der Waals surface area contributed by atoms with Gasteiger partial charge in [0.25, 0.3) is 5.56 Å². The first-order valence-electron chi connectivity index (χ1n) is 9.68. The second-order valence-corrected chi connectivity index (χ2v) is 7.62. The standard InChI is InChI=1S/C25H15N3O/c29-25-15-9-10-18-21(13-5-1-3-7-16(13)26-18)23(15)24-20(28-25)12-11-19-22(24)14-6-2-4-8-17(14)27-19/h1-12,26-27H,(H,28,29). The lowest BCUT2D eigenvalue weighted by atomic mass is 9.97. The minimum absolute atomic E-state index is 0.0566. The number of H-pyrrole nitrogens is 3. The quantitative estimate of drug-likeness (QED) is 0.283. The third-order valence-corrected chi connectivity index (χ3v) is 6.08. The van der Waals surface area contributed by atoms with Crippen molar-refractivity contribution in [3.8, 4) is 0 Å². The summed E-state index contributed by atoms with van der Waals surface area (Å²) in [6, 6.07) is 24.6. The molecule has 0 radical (unpaired) electrons. The molecule has 0 amide bonds. The average molecular weight is 373 g/mol. The number of fused-ring (bicyclic) bond motifs is 11. The van der Waals surface area contributed by atoms with E-state index in [0.717, 1.165) is 54.5 Å². The van der Waals surface area contributed by atoms with Gasteiger partial charge in [-0.3, -0.25) is 4.79 Å². The lowest BCUT2D eigenvalue weighted by Crippen LogP contribution is -2.06. The van der Waals surface area contributed by atoms with Crippen LogP contribution in [0.5, 0.6) is 0 Å². The molecule has 0 spiro atoms. The van der Waals surface area contributed by atoms with Gasteiger partial charge in [-0.15, -0.1) is 0 Å². The summed E-state index contributed by atoms with van der Waals surface area (Å²) >= 11 is 0. The summed E-state index contributed by atoms with van der Waals surface area (Å²) in [5.41, 5.74) is 5.10. The molecule has 3 N–H and O–H groups in total. The summed E-state index contributed by atoms with van der Waals surface area (Å²) < 4.78 is 0. The molecule has 29 heavy (non-hydrogen) atoms. The molecular formula is C25H15N3O. The second-order valence-electron chi connectivity index (χ2n) is 7.62. The lowest BCUT2D eigenvalue weighted by Gasteiger charge is -2.08. The zero-order chi connectivity index (χ0) is 19.1. The maximum atomic E-state index is 13.0. The van der Waals surface area contributed by atoms with E-state index in [9.17, 15) is 4.79 Å². The fourth-order valence-electron chi connectivity index (χ4n) is 4.89. The first-order chi connectivity index (χ1) is 14.3. The Morgan fingerprint density at radius 3 is 1.59 bits per heavy atom. The van der Waals surface area contributed by atoms with Crippen LogP contribution in [0.2, 0.25) is 0 Å². The molecule has 0 aliphatic heterocycles. The van der Waals surface area contributed by atoms with E-state index in [4.69, 9.17) is 0 Å². The molecule has 4 heteroatoms. The highest BCUT2D eigenvalue weighted by molar-refractivity contribution is 6.34. The Kier molecular flexibility index (Phi) is 2.60. The van der Waals surface area contributed by atoms with Gasteiger partial charge in [-0.25, -0.2) is 0 Å². The second kappa shape index (κ2) is 5.06. The fraction of sp³-hybridized carbons (Fsp3) is 0. The number of hydrogen-bond acceptors (Lipinski definition) is 1. The van der Waals surface area contributed by atoms with Gasteiger partial charge in [0.1, 0.15) is 0 Å². The lowest BCUT2D eigenvalue weighted by molar-refractivity contribution is 1.35. The molecule has 0 atom stereocenters. The first-order valence-corrected chi connectivity index (χ1v) is 9.68. The molecule has 7 rings (SSSR count). The molecule has 7 aromatic rings. The van der Waals surface area contributed by atoms with Gasteiger partial charge < -0.3 is 15.0 Å². The molecule has 0 fully saturated rings. The Balaban J connectivity index is 1.92. The Hall–Kier alpha value is -4.05. The van der Waals surface area contributed by atoms with Crippen LogP contribution >= 0.6 is 0 Å². The SMILES string of the molecule is O=c1[nH]c2ccc3[nH]c4ccccc4c3c2c2c1ccc1[nH]c3ccccc3c12. The smallest absolute Gasteiger partial charge is 0.256 e. The van der Waals surface area contributed by atoms with Gasteiger partial charge in [0.15, 0.2) is 0 Å². The molecule has 3 aromatic heterocycles. The van der Waals surface area contributed by atoms with Crippen molar-refractivity contribution in [1.82, 2.24) is 15.0 Å². The Morgan fingerprint density at radius 2 is 0.931 bits per heavy atom. The van der Waals surface area contributed by atoms with Crippen LogP contribution in [0.1, 0.15) is 0 Å². The highest BCUT2D eigenvalue weighted by Crippen LogP contribution is 2.39.